The van der Waals surface area contributed by atoms with Crippen LogP contribution >= 0.6 is 15.9 Å². The highest BCUT2D eigenvalue weighted by molar-refractivity contribution is 9.10. The zero-order chi connectivity index (χ0) is 13.2. The normalized spacial score (nSPS) is 11.2. The first kappa shape index (κ1) is 13.1. The van der Waals surface area contributed by atoms with Crippen LogP contribution in [0.1, 0.15) is 5.56 Å². The third-order valence-electron chi connectivity index (χ3n) is 2.40. The van der Waals surface area contributed by atoms with Gasteiger partial charge in [0.1, 0.15) is 4.90 Å². The highest BCUT2D eigenvalue weighted by atomic mass is 79.9. The summed E-state index contributed by atoms with van der Waals surface area (Å²) in [5.41, 5.74) is 1.55. The van der Waals surface area contributed by atoms with Crippen molar-refractivity contribution in [1.82, 2.24) is 0 Å². The number of para-hydroxylation sites is 1. The molecule has 2 aromatic rings. The molecule has 18 heavy (non-hydrogen) atoms. The van der Waals surface area contributed by atoms with E-state index in [0.29, 0.717) is 10.2 Å². The van der Waals surface area contributed by atoms with Gasteiger partial charge in [-0.15, -0.1) is 0 Å². The van der Waals surface area contributed by atoms with E-state index in [-0.39, 0.29) is 4.90 Å². The van der Waals surface area contributed by atoms with E-state index in [9.17, 15) is 8.42 Å². The first-order chi connectivity index (χ1) is 8.49. The number of rotatable bonds is 3. The first-order valence-electron chi connectivity index (χ1n) is 5.33. The summed E-state index contributed by atoms with van der Waals surface area (Å²) in [5, 5.41) is 0. The lowest BCUT2D eigenvalue weighted by molar-refractivity contribution is 0.600. The third-order valence-corrected chi connectivity index (χ3v) is 4.76. The van der Waals surface area contributed by atoms with Crippen LogP contribution in [0.25, 0.3) is 0 Å². The van der Waals surface area contributed by atoms with Crippen LogP contribution in [0.3, 0.4) is 0 Å². The number of aryl methyl sites for hydroxylation is 1. The molecule has 0 aliphatic heterocycles. The molecule has 0 radical (unpaired) electrons. The second kappa shape index (κ2) is 5.12. The molecule has 3 nitrogen and oxygen atoms in total. The predicted octanol–water partition coefficient (Wildman–Crippen LogP) is 3.56. The molecule has 0 bridgehead atoms. The van der Waals surface area contributed by atoms with Crippen LogP contribution in [-0.2, 0) is 10.0 Å². The lowest BCUT2D eigenvalue weighted by atomic mass is 10.2. The van der Waals surface area contributed by atoms with Gasteiger partial charge in [-0.05, 0) is 52.7 Å². The molecule has 94 valence electrons. The van der Waals surface area contributed by atoms with Crippen LogP contribution in [0.5, 0.6) is 0 Å². The summed E-state index contributed by atoms with van der Waals surface area (Å²) in [6.45, 7) is 1.91. The number of sulfonamides is 1. The Morgan fingerprint density at radius 3 is 2.33 bits per heavy atom. The van der Waals surface area contributed by atoms with E-state index < -0.39 is 10.0 Å². The zero-order valence-electron chi connectivity index (χ0n) is 9.72. The van der Waals surface area contributed by atoms with Gasteiger partial charge in [0.05, 0.1) is 0 Å². The van der Waals surface area contributed by atoms with E-state index in [0.717, 1.165) is 5.56 Å². The van der Waals surface area contributed by atoms with Crippen molar-refractivity contribution in [3.8, 4) is 0 Å². The van der Waals surface area contributed by atoms with Crippen molar-refractivity contribution in [2.75, 3.05) is 4.72 Å². The molecule has 0 unspecified atom stereocenters. The minimum atomic E-state index is -3.56. The molecule has 0 heterocycles. The lowest BCUT2D eigenvalue weighted by Gasteiger charge is -2.09. The topological polar surface area (TPSA) is 46.2 Å². The summed E-state index contributed by atoms with van der Waals surface area (Å²) in [7, 11) is -3.56. The quantitative estimate of drug-likeness (QED) is 0.937. The number of benzene rings is 2. The van der Waals surface area contributed by atoms with Crippen molar-refractivity contribution in [2.45, 2.75) is 11.8 Å². The summed E-state index contributed by atoms with van der Waals surface area (Å²) in [5.74, 6) is 0. The molecular formula is C13H12BrNO2S. The molecule has 2 aromatic carbocycles. The average Bonchev–Trinajstić information content (AvgIpc) is 2.29. The molecule has 0 saturated carbocycles. The summed E-state index contributed by atoms with van der Waals surface area (Å²) >= 11 is 3.28. The van der Waals surface area contributed by atoms with Gasteiger partial charge >= 0.3 is 0 Å². The van der Waals surface area contributed by atoms with Gasteiger partial charge in [0, 0.05) is 10.2 Å². The van der Waals surface area contributed by atoms with Gasteiger partial charge in [0.2, 0.25) is 0 Å². The van der Waals surface area contributed by atoms with Gasteiger partial charge in [0.25, 0.3) is 10.0 Å². The Labute approximate surface area is 115 Å². The molecule has 2 rings (SSSR count). The molecule has 1 N–H and O–H groups in total. The Morgan fingerprint density at radius 1 is 1.06 bits per heavy atom. The van der Waals surface area contributed by atoms with E-state index in [4.69, 9.17) is 0 Å². The van der Waals surface area contributed by atoms with E-state index in [1.165, 1.54) is 0 Å². The highest BCUT2D eigenvalue weighted by Crippen LogP contribution is 2.25. The monoisotopic (exact) mass is 325 g/mol. The molecule has 5 heteroatoms. The first-order valence-corrected chi connectivity index (χ1v) is 7.61. The fourth-order valence-corrected chi connectivity index (χ4v) is 3.79. The Hall–Kier alpha value is -1.33. The van der Waals surface area contributed by atoms with E-state index in [1.807, 2.05) is 13.0 Å². The van der Waals surface area contributed by atoms with Crippen LogP contribution in [0.2, 0.25) is 0 Å². The average molecular weight is 326 g/mol. The second-order valence-corrected chi connectivity index (χ2v) is 6.41. The third kappa shape index (κ3) is 2.91. The van der Waals surface area contributed by atoms with Crippen molar-refractivity contribution >= 4 is 31.6 Å². The molecule has 0 amide bonds. The van der Waals surface area contributed by atoms with Crippen LogP contribution in [0, 0.1) is 6.92 Å². The Balaban J connectivity index is 2.37. The maximum Gasteiger partial charge on any atom is 0.263 e. The Kier molecular flexibility index (Phi) is 3.73. The number of hydrogen-bond donors (Lipinski definition) is 1. The smallest absolute Gasteiger partial charge is 0.263 e. The minimum Gasteiger partial charge on any atom is -0.280 e. The maximum absolute atomic E-state index is 12.2. The van der Waals surface area contributed by atoms with Gasteiger partial charge in [-0.2, -0.15) is 0 Å². The second-order valence-electron chi connectivity index (χ2n) is 3.91. The van der Waals surface area contributed by atoms with Crippen LogP contribution in [0.15, 0.2) is 57.9 Å². The fourth-order valence-electron chi connectivity index (χ4n) is 1.54. The molecule has 0 fully saturated rings. The Bertz CT molecular complexity index is 654. The van der Waals surface area contributed by atoms with Crippen molar-refractivity contribution in [3.63, 3.8) is 0 Å². The van der Waals surface area contributed by atoms with E-state index in [2.05, 4.69) is 20.7 Å². The number of hydrogen-bond acceptors (Lipinski definition) is 2. The van der Waals surface area contributed by atoms with Gasteiger partial charge in [-0.25, -0.2) is 8.42 Å². The molecular weight excluding hydrogens is 314 g/mol. The van der Waals surface area contributed by atoms with Crippen LogP contribution in [0.4, 0.5) is 5.69 Å². The van der Waals surface area contributed by atoms with E-state index >= 15 is 0 Å². The molecule has 0 aliphatic carbocycles. The fraction of sp³-hybridized carbons (Fsp3) is 0.0769. The summed E-state index contributed by atoms with van der Waals surface area (Å²) in [6.07, 6.45) is 0. The number of nitrogens with one attached hydrogen (secondary N) is 1. The number of anilines is 1. The summed E-state index contributed by atoms with van der Waals surface area (Å²) < 4.78 is 27.5. The van der Waals surface area contributed by atoms with Crippen molar-refractivity contribution in [3.05, 3.63) is 58.6 Å². The van der Waals surface area contributed by atoms with E-state index in [1.54, 1.807) is 42.5 Å². The Morgan fingerprint density at radius 2 is 1.72 bits per heavy atom. The molecule has 0 saturated heterocycles. The van der Waals surface area contributed by atoms with Crippen molar-refractivity contribution < 1.29 is 8.42 Å². The standard InChI is InChI=1S/C13H12BrNO2S/c1-10-7-8-13(12(14)9-10)18(16,17)15-11-5-3-2-4-6-11/h2-9,15H,1H3. The lowest BCUT2D eigenvalue weighted by Crippen LogP contribution is -2.13. The summed E-state index contributed by atoms with van der Waals surface area (Å²) in [4.78, 5) is 0.233. The van der Waals surface area contributed by atoms with Gasteiger partial charge in [-0.1, -0.05) is 24.3 Å². The summed E-state index contributed by atoms with van der Waals surface area (Å²) in [6, 6.07) is 13.9. The van der Waals surface area contributed by atoms with Gasteiger partial charge in [-0.3, -0.25) is 4.72 Å². The van der Waals surface area contributed by atoms with Gasteiger partial charge < -0.3 is 0 Å². The van der Waals surface area contributed by atoms with Crippen molar-refractivity contribution in [1.29, 1.82) is 0 Å². The molecule has 0 aromatic heterocycles. The molecule has 0 spiro atoms. The molecule has 0 aliphatic rings. The highest BCUT2D eigenvalue weighted by Gasteiger charge is 2.17. The maximum atomic E-state index is 12.2. The number of halogens is 1. The van der Waals surface area contributed by atoms with Crippen molar-refractivity contribution in [2.24, 2.45) is 0 Å². The SMILES string of the molecule is Cc1ccc(S(=O)(=O)Nc2ccccc2)c(Br)c1. The largest absolute Gasteiger partial charge is 0.280 e. The minimum absolute atomic E-state index is 0.233. The predicted molar refractivity (Wildman–Crippen MR) is 76.1 cm³/mol. The molecule has 0 atom stereocenters. The van der Waals surface area contributed by atoms with Gasteiger partial charge in [0.15, 0.2) is 0 Å². The van der Waals surface area contributed by atoms with Crippen LogP contribution in [-0.4, -0.2) is 8.42 Å². The van der Waals surface area contributed by atoms with Crippen LogP contribution < -0.4 is 4.72 Å². The zero-order valence-corrected chi connectivity index (χ0v) is 12.1.